The molecule has 9 heteroatoms. The predicted molar refractivity (Wildman–Crippen MR) is 133 cm³/mol. The summed E-state index contributed by atoms with van der Waals surface area (Å²) in [5, 5.41) is 25.6. The van der Waals surface area contributed by atoms with E-state index in [0.29, 0.717) is 24.0 Å². The van der Waals surface area contributed by atoms with Gasteiger partial charge in [-0.2, -0.15) is 5.26 Å². The third kappa shape index (κ3) is 11.3. The van der Waals surface area contributed by atoms with E-state index >= 15 is 0 Å². The number of nitrogens with one attached hydrogen (secondary N) is 2. The lowest BCUT2D eigenvalue weighted by Crippen LogP contribution is -2.34. The Bertz CT molecular complexity index is 914. The normalized spacial score (nSPS) is 11.0. The van der Waals surface area contributed by atoms with E-state index in [-0.39, 0.29) is 5.69 Å². The molecule has 0 unspecified atom stereocenters. The molecule has 0 bridgehead atoms. The molecule has 2 N–H and O–H groups in total. The molecule has 9 nitrogen and oxygen atoms in total. The molecule has 34 heavy (non-hydrogen) atoms. The molecule has 0 saturated heterocycles. The second-order valence-electron chi connectivity index (χ2n) is 7.94. The first-order valence-corrected chi connectivity index (χ1v) is 11.9. The minimum atomic E-state index is -0.409. The van der Waals surface area contributed by atoms with Gasteiger partial charge < -0.3 is 10.1 Å². The van der Waals surface area contributed by atoms with Crippen molar-refractivity contribution in [3.63, 3.8) is 0 Å². The number of pyridine rings is 1. The van der Waals surface area contributed by atoms with Gasteiger partial charge in [0.2, 0.25) is 5.96 Å². The smallest absolute Gasteiger partial charge is 0.310 e. The van der Waals surface area contributed by atoms with Crippen molar-refractivity contribution in [1.29, 1.82) is 5.26 Å². The highest BCUT2D eigenvalue weighted by Crippen LogP contribution is 2.26. The SMILES string of the molecule is N#CN/C(=N\c1cccnc1)NCCCCCCCCCCCCOc1ccccc1[N+](=O)[O-]. The number of hydrogen-bond donors (Lipinski definition) is 2. The molecule has 0 fully saturated rings. The van der Waals surface area contributed by atoms with Crippen LogP contribution >= 0.6 is 0 Å². The summed E-state index contributed by atoms with van der Waals surface area (Å²) in [4.78, 5) is 18.9. The number of nitro groups is 1. The molecule has 1 aromatic carbocycles. The van der Waals surface area contributed by atoms with Gasteiger partial charge in [0.25, 0.3) is 0 Å². The summed E-state index contributed by atoms with van der Waals surface area (Å²) in [5.74, 6) is 0.795. The van der Waals surface area contributed by atoms with Crippen molar-refractivity contribution in [2.45, 2.75) is 64.2 Å². The zero-order chi connectivity index (χ0) is 24.3. The van der Waals surface area contributed by atoms with Crippen molar-refractivity contribution >= 4 is 17.3 Å². The second-order valence-corrected chi connectivity index (χ2v) is 7.94. The van der Waals surface area contributed by atoms with E-state index in [1.165, 1.54) is 38.2 Å². The highest BCUT2D eigenvalue weighted by molar-refractivity contribution is 5.83. The topological polar surface area (TPSA) is 125 Å². The summed E-state index contributed by atoms with van der Waals surface area (Å²) < 4.78 is 5.57. The van der Waals surface area contributed by atoms with Gasteiger partial charge in [-0.3, -0.25) is 20.4 Å². The van der Waals surface area contributed by atoms with Gasteiger partial charge >= 0.3 is 5.69 Å². The number of nitrogens with zero attached hydrogens (tertiary/aromatic N) is 4. The van der Waals surface area contributed by atoms with Crippen LogP contribution in [0.25, 0.3) is 0 Å². The van der Waals surface area contributed by atoms with Crippen LogP contribution in [0.3, 0.4) is 0 Å². The Morgan fingerprint density at radius 2 is 1.68 bits per heavy atom. The van der Waals surface area contributed by atoms with E-state index in [2.05, 4.69) is 20.6 Å². The molecular formula is C25H34N6O3. The van der Waals surface area contributed by atoms with Crippen LogP contribution in [0, 0.1) is 21.6 Å². The Labute approximate surface area is 201 Å². The van der Waals surface area contributed by atoms with Gasteiger partial charge in [-0.25, -0.2) is 4.99 Å². The lowest BCUT2D eigenvalue weighted by Gasteiger charge is -2.08. The van der Waals surface area contributed by atoms with Crippen LogP contribution in [0.15, 0.2) is 53.8 Å². The van der Waals surface area contributed by atoms with Crippen molar-refractivity contribution in [3.05, 3.63) is 58.9 Å². The third-order valence-electron chi connectivity index (χ3n) is 5.24. The molecular weight excluding hydrogens is 432 g/mol. The zero-order valence-corrected chi connectivity index (χ0v) is 19.6. The molecule has 0 spiro atoms. The number of guanidine groups is 1. The average Bonchev–Trinajstić information content (AvgIpc) is 2.85. The molecule has 0 radical (unpaired) electrons. The van der Waals surface area contributed by atoms with Crippen LogP contribution in [-0.4, -0.2) is 29.0 Å². The molecule has 182 valence electrons. The van der Waals surface area contributed by atoms with Crippen LogP contribution in [-0.2, 0) is 0 Å². The Hall–Kier alpha value is -3.67. The van der Waals surface area contributed by atoms with Crippen LogP contribution in [0.5, 0.6) is 5.75 Å². The van der Waals surface area contributed by atoms with Crippen LogP contribution in [0.1, 0.15) is 64.2 Å². The maximum Gasteiger partial charge on any atom is 0.310 e. The monoisotopic (exact) mass is 466 g/mol. The van der Waals surface area contributed by atoms with Gasteiger partial charge in [-0.15, -0.1) is 0 Å². The van der Waals surface area contributed by atoms with Crippen molar-refractivity contribution in [1.82, 2.24) is 15.6 Å². The summed E-state index contributed by atoms with van der Waals surface area (Å²) in [7, 11) is 0. The quantitative estimate of drug-likeness (QED) is 0.0625. The fourth-order valence-electron chi connectivity index (χ4n) is 3.47. The van der Waals surface area contributed by atoms with Crippen molar-refractivity contribution in [2.24, 2.45) is 4.99 Å². The van der Waals surface area contributed by atoms with Crippen LogP contribution in [0.2, 0.25) is 0 Å². The van der Waals surface area contributed by atoms with Crippen molar-refractivity contribution in [2.75, 3.05) is 13.2 Å². The first-order valence-electron chi connectivity index (χ1n) is 11.9. The molecule has 0 amide bonds. The van der Waals surface area contributed by atoms with Gasteiger partial charge in [-0.05, 0) is 31.0 Å². The summed E-state index contributed by atoms with van der Waals surface area (Å²) in [6, 6.07) is 10.1. The Kier molecular flexibility index (Phi) is 13.2. The summed E-state index contributed by atoms with van der Waals surface area (Å²) >= 11 is 0. The number of rotatable bonds is 16. The fourth-order valence-corrected chi connectivity index (χ4v) is 3.47. The number of benzene rings is 1. The number of para-hydroxylation sites is 2. The number of nitro benzene ring substituents is 1. The van der Waals surface area contributed by atoms with Gasteiger partial charge in [-0.1, -0.05) is 63.5 Å². The summed E-state index contributed by atoms with van der Waals surface area (Å²) in [6.07, 6.45) is 16.7. The van der Waals surface area contributed by atoms with E-state index in [1.54, 1.807) is 36.7 Å². The van der Waals surface area contributed by atoms with Gasteiger partial charge in [0.05, 0.1) is 23.4 Å². The molecule has 1 aromatic heterocycles. The first kappa shape index (κ1) is 26.6. The number of aromatic nitrogens is 1. The van der Waals surface area contributed by atoms with E-state index in [4.69, 9.17) is 10.00 Å². The number of nitriles is 1. The average molecular weight is 467 g/mol. The summed E-state index contributed by atoms with van der Waals surface area (Å²) in [5.41, 5.74) is 0.718. The number of hydrogen-bond acceptors (Lipinski definition) is 6. The van der Waals surface area contributed by atoms with E-state index in [0.717, 1.165) is 38.6 Å². The van der Waals surface area contributed by atoms with Gasteiger partial charge in [0, 0.05) is 18.8 Å². The number of unbranched alkanes of at least 4 members (excludes halogenated alkanes) is 9. The van der Waals surface area contributed by atoms with Crippen molar-refractivity contribution in [3.8, 4) is 11.9 Å². The number of ether oxygens (including phenoxy) is 1. The predicted octanol–water partition coefficient (Wildman–Crippen LogP) is 5.62. The Balaban J connectivity index is 1.42. The van der Waals surface area contributed by atoms with Crippen LogP contribution < -0.4 is 15.4 Å². The molecule has 0 aliphatic carbocycles. The van der Waals surface area contributed by atoms with Gasteiger partial charge in [0.15, 0.2) is 11.9 Å². The number of aliphatic imine (C=N–C) groups is 1. The van der Waals surface area contributed by atoms with E-state index in [1.807, 2.05) is 12.3 Å². The van der Waals surface area contributed by atoms with E-state index in [9.17, 15) is 10.1 Å². The maximum atomic E-state index is 11.0. The summed E-state index contributed by atoms with van der Waals surface area (Å²) in [6.45, 7) is 1.28. The van der Waals surface area contributed by atoms with E-state index < -0.39 is 4.92 Å². The second kappa shape index (κ2) is 16.9. The Morgan fingerprint density at radius 3 is 2.32 bits per heavy atom. The first-order chi connectivity index (χ1) is 16.7. The minimum Gasteiger partial charge on any atom is -0.487 e. The third-order valence-corrected chi connectivity index (χ3v) is 5.24. The zero-order valence-electron chi connectivity index (χ0n) is 19.6. The standard InChI is InChI=1S/C25H34N6O3/c26-21-29-25(30-22-14-13-17-27-20-22)28-18-11-7-5-3-1-2-4-6-8-12-19-34-24-16-10-9-15-23(24)31(32)33/h9-10,13-17,20H,1-8,11-12,18-19H2,(H2,28,29,30). The van der Waals surface area contributed by atoms with Gasteiger partial charge in [0.1, 0.15) is 0 Å². The molecule has 0 saturated carbocycles. The highest BCUT2D eigenvalue weighted by Gasteiger charge is 2.12. The lowest BCUT2D eigenvalue weighted by atomic mass is 10.1. The lowest BCUT2D eigenvalue weighted by molar-refractivity contribution is -0.385. The molecule has 2 rings (SSSR count). The Morgan fingerprint density at radius 1 is 1.00 bits per heavy atom. The maximum absolute atomic E-state index is 11.0. The molecule has 1 heterocycles. The minimum absolute atomic E-state index is 0.0235. The van der Waals surface area contributed by atoms with Crippen LogP contribution in [0.4, 0.5) is 11.4 Å². The molecule has 0 aliphatic heterocycles. The molecule has 2 aromatic rings. The highest BCUT2D eigenvalue weighted by atomic mass is 16.6. The van der Waals surface area contributed by atoms with Crippen molar-refractivity contribution < 1.29 is 9.66 Å². The molecule has 0 atom stereocenters. The molecule has 0 aliphatic rings. The largest absolute Gasteiger partial charge is 0.487 e. The fraction of sp³-hybridized carbons (Fsp3) is 0.480.